The summed E-state index contributed by atoms with van der Waals surface area (Å²) in [4.78, 5) is 24.7. The van der Waals surface area contributed by atoms with Gasteiger partial charge in [-0.2, -0.15) is 0 Å². The van der Waals surface area contributed by atoms with Crippen LogP contribution in [0.3, 0.4) is 0 Å². The van der Waals surface area contributed by atoms with Gasteiger partial charge in [-0.05, 0) is 37.6 Å². The number of aromatic nitrogens is 2. The predicted octanol–water partition coefficient (Wildman–Crippen LogP) is 5.35. The van der Waals surface area contributed by atoms with Crippen molar-refractivity contribution in [2.24, 2.45) is 0 Å². The van der Waals surface area contributed by atoms with Crippen LogP contribution in [-0.2, 0) is 4.79 Å². The lowest BCUT2D eigenvalue weighted by atomic mass is 10.0. The van der Waals surface area contributed by atoms with E-state index in [-0.39, 0.29) is 74.0 Å². The van der Waals surface area contributed by atoms with Gasteiger partial charge in [-0.1, -0.05) is 41.4 Å². The number of hydrogen-bond acceptors (Lipinski definition) is 8. The van der Waals surface area contributed by atoms with Crippen LogP contribution >= 0.6 is 34.8 Å². The fraction of sp³-hybridized carbons (Fsp3) is 0.286. The fourth-order valence-corrected chi connectivity index (χ4v) is 5.86. The molecule has 2 aromatic heterocycles. The molecule has 220 valence electrons. The maximum atomic E-state index is 15.5. The largest absolute Gasteiger partial charge is 0.489 e. The standard InChI is InChI=1S/C28H27Cl3FN7O3/c1-4-17(41)38-7-8-39-14(10-38)11-42-26-19(27(39)34)28(36-23-12(2)5-6-35-24(23)13(3)40)37-25(20(26)31)18-21(32)15(29)9-16(30)22(18)33/h4-6,9,13-14,34,40H,1,7-8,10-11,33H2,2-3H3,(H,36,37). The molecule has 14 heteroatoms. The lowest BCUT2D eigenvalue weighted by Crippen LogP contribution is -2.57. The van der Waals surface area contributed by atoms with E-state index in [2.05, 4.69) is 21.9 Å². The molecule has 5 N–H and O–H groups in total. The summed E-state index contributed by atoms with van der Waals surface area (Å²) < 4.78 is 21.7. The summed E-state index contributed by atoms with van der Waals surface area (Å²) in [5.41, 5.74) is 7.39. The molecule has 10 nitrogen and oxygen atoms in total. The van der Waals surface area contributed by atoms with Crippen LogP contribution in [0, 0.1) is 18.2 Å². The molecule has 0 aliphatic carbocycles. The number of amidine groups is 1. The minimum absolute atomic E-state index is 0.00372. The van der Waals surface area contributed by atoms with E-state index in [0.717, 1.165) is 5.56 Å². The zero-order chi connectivity index (χ0) is 30.5. The number of nitrogen functional groups attached to an aromatic ring is 1. The van der Waals surface area contributed by atoms with E-state index in [4.69, 9.17) is 45.3 Å². The van der Waals surface area contributed by atoms with Gasteiger partial charge < -0.3 is 30.7 Å². The van der Waals surface area contributed by atoms with Crippen molar-refractivity contribution in [3.05, 3.63) is 68.7 Å². The Morgan fingerprint density at radius 1 is 1.33 bits per heavy atom. The molecule has 0 radical (unpaired) electrons. The average molecular weight is 635 g/mol. The van der Waals surface area contributed by atoms with Crippen LogP contribution in [0.4, 0.5) is 21.6 Å². The molecule has 2 aliphatic rings. The number of ether oxygens (including phenoxy) is 1. The highest BCUT2D eigenvalue weighted by molar-refractivity contribution is 6.39. The van der Waals surface area contributed by atoms with Crippen LogP contribution in [0.5, 0.6) is 5.75 Å². The van der Waals surface area contributed by atoms with Gasteiger partial charge in [0, 0.05) is 25.8 Å². The molecule has 0 saturated carbocycles. The first-order valence-electron chi connectivity index (χ1n) is 12.9. The number of aliphatic hydroxyl groups is 1. The van der Waals surface area contributed by atoms with Crippen molar-refractivity contribution in [2.45, 2.75) is 26.0 Å². The number of piperazine rings is 1. The summed E-state index contributed by atoms with van der Waals surface area (Å²) in [6, 6.07) is 2.53. The third-order valence-corrected chi connectivity index (χ3v) is 8.22. The topological polar surface area (TPSA) is 141 Å². The minimum atomic E-state index is -0.951. The Labute approximate surface area is 256 Å². The number of fused-ring (bicyclic) bond motifs is 2. The monoisotopic (exact) mass is 633 g/mol. The van der Waals surface area contributed by atoms with Gasteiger partial charge in [0.25, 0.3) is 0 Å². The fourth-order valence-electron chi connectivity index (χ4n) is 5.12. The molecule has 2 unspecified atom stereocenters. The Bertz CT molecular complexity index is 1610. The summed E-state index contributed by atoms with van der Waals surface area (Å²) >= 11 is 19.2. The van der Waals surface area contributed by atoms with Crippen molar-refractivity contribution in [2.75, 3.05) is 37.3 Å². The van der Waals surface area contributed by atoms with E-state index in [0.29, 0.717) is 24.5 Å². The zero-order valence-electron chi connectivity index (χ0n) is 22.6. The van der Waals surface area contributed by atoms with Gasteiger partial charge in [-0.15, -0.1) is 0 Å². The first-order chi connectivity index (χ1) is 19.9. The van der Waals surface area contributed by atoms with E-state index in [1.807, 2.05) is 6.92 Å². The summed E-state index contributed by atoms with van der Waals surface area (Å²) in [6.45, 7) is 7.97. The van der Waals surface area contributed by atoms with Crippen LogP contribution in [0.25, 0.3) is 11.3 Å². The van der Waals surface area contributed by atoms with Crippen molar-refractivity contribution in [3.8, 4) is 17.0 Å². The third-order valence-electron chi connectivity index (χ3n) is 7.28. The number of nitrogens with one attached hydrogen (secondary N) is 2. The molecular formula is C28H27Cl3FN7O3. The lowest BCUT2D eigenvalue weighted by Gasteiger charge is -2.40. The molecule has 1 aromatic carbocycles. The smallest absolute Gasteiger partial charge is 0.246 e. The number of halogens is 4. The normalized spacial score (nSPS) is 17.1. The van der Waals surface area contributed by atoms with Gasteiger partial charge >= 0.3 is 0 Å². The number of hydrogen-bond donors (Lipinski definition) is 4. The van der Waals surface area contributed by atoms with E-state index in [9.17, 15) is 15.3 Å². The molecule has 42 heavy (non-hydrogen) atoms. The third kappa shape index (κ3) is 5.11. The number of benzene rings is 1. The Morgan fingerprint density at radius 2 is 2.07 bits per heavy atom. The zero-order valence-corrected chi connectivity index (χ0v) is 24.9. The van der Waals surface area contributed by atoms with Crippen LogP contribution in [-0.4, -0.2) is 68.9 Å². The molecule has 0 bridgehead atoms. The van der Waals surface area contributed by atoms with Gasteiger partial charge in [0.15, 0.2) is 11.6 Å². The minimum Gasteiger partial charge on any atom is -0.489 e. The second-order valence-corrected chi connectivity index (χ2v) is 11.1. The summed E-state index contributed by atoms with van der Waals surface area (Å²) in [5.74, 6) is -0.957. The number of aryl methyl sites for hydroxylation is 1. The average Bonchev–Trinajstić information content (AvgIpc) is 3.11. The molecule has 4 heterocycles. The number of carbonyl (C=O) groups is 1. The second-order valence-electron chi connectivity index (χ2n) is 9.95. The number of aliphatic hydroxyl groups excluding tert-OH is 1. The van der Waals surface area contributed by atoms with Gasteiger partial charge in [0.1, 0.15) is 34.5 Å². The van der Waals surface area contributed by atoms with Gasteiger partial charge in [-0.3, -0.25) is 15.2 Å². The Morgan fingerprint density at radius 3 is 2.76 bits per heavy atom. The molecule has 1 saturated heterocycles. The van der Waals surface area contributed by atoms with Crippen LogP contribution in [0.15, 0.2) is 31.0 Å². The van der Waals surface area contributed by atoms with Crippen molar-refractivity contribution >= 4 is 63.7 Å². The SMILES string of the molecule is C=CC(=O)N1CCN2C(=N)c3c(Nc4c(C)ccnc4C(C)O)nc(-c4c(N)c(Cl)cc(Cl)c4F)c(Cl)c3OCC2C1. The first-order valence-corrected chi connectivity index (χ1v) is 14.0. The molecular weight excluding hydrogens is 608 g/mol. The molecule has 2 atom stereocenters. The van der Waals surface area contributed by atoms with E-state index in [1.165, 1.54) is 12.1 Å². The van der Waals surface area contributed by atoms with Crippen LogP contribution < -0.4 is 15.8 Å². The molecule has 0 spiro atoms. The van der Waals surface area contributed by atoms with E-state index >= 15 is 4.39 Å². The molecule has 1 amide bonds. The highest BCUT2D eigenvalue weighted by Crippen LogP contribution is 2.47. The summed E-state index contributed by atoms with van der Waals surface area (Å²) in [6.07, 6.45) is 1.86. The van der Waals surface area contributed by atoms with Crippen molar-refractivity contribution in [1.82, 2.24) is 19.8 Å². The number of carbonyl (C=O) groups excluding carboxylic acids is 1. The number of anilines is 3. The van der Waals surface area contributed by atoms with Crippen molar-refractivity contribution < 1.29 is 19.0 Å². The van der Waals surface area contributed by atoms with Gasteiger partial charge in [0.05, 0.1) is 44.8 Å². The van der Waals surface area contributed by atoms with Crippen molar-refractivity contribution in [3.63, 3.8) is 0 Å². The quantitative estimate of drug-likeness (QED) is 0.167. The van der Waals surface area contributed by atoms with Crippen LogP contribution in [0.1, 0.15) is 29.8 Å². The highest BCUT2D eigenvalue weighted by atomic mass is 35.5. The predicted molar refractivity (Wildman–Crippen MR) is 162 cm³/mol. The Kier molecular flexibility index (Phi) is 8.21. The maximum absolute atomic E-state index is 15.5. The van der Waals surface area contributed by atoms with E-state index in [1.54, 1.807) is 29.0 Å². The number of nitrogens with two attached hydrogens (primary N) is 1. The van der Waals surface area contributed by atoms with Gasteiger partial charge in [-0.25, -0.2) is 9.37 Å². The molecule has 3 aromatic rings. The summed E-state index contributed by atoms with van der Waals surface area (Å²) in [7, 11) is 0. The second kappa shape index (κ2) is 11.6. The number of nitrogens with zero attached hydrogens (tertiary/aromatic N) is 4. The van der Waals surface area contributed by atoms with Crippen LogP contribution in [0.2, 0.25) is 15.1 Å². The van der Waals surface area contributed by atoms with Crippen molar-refractivity contribution in [1.29, 1.82) is 5.41 Å². The molecule has 2 aliphatic heterocycles. The first kappa shape index (κ1) is 29.8. The Balaban J connectivity index is 1.74. The highest BCUT2D eigenvalue weighted by Gasteiger charge is 2.38. The van der Waals surface area contributed by atoms with Gasteiger partial charge in [0.2, 0.25) is 5.91 Å². The maximum Gasteiger partial charge on any atom is 0.246 e. The number of pyridine rings is 2. The Hall–Kier alpha value is -3.64. The molecule has 1 fully saturated rings. The number of rotatable bonds is 5. The van der Waals surface area contributed by atoms with E-state index < -0.39 is 18.0 Å². The molecule has 5 rings (SSSR count). The number of amides is 1. The lowest BCUT2D eigenvalue weighted by molar-refractivity contribution is -0.128. The summed E-state index contributed by atoms with van der Waals surface area (Å²) in [5, 5.41) is 22.5.